The highest BCUT2D eigenvalue weighted by molar-refractivity contribution is 6.31. The number of hydrogen-bond donors (Lipinski definition) is 1. The summed E-state index contributed by atoms with van der Waals surface area (Å²) >= 11 is 12.0. The van der Waals surface area contributed by atoms with Crippen LogP contribution in [0.25, 0.3) is 0 Å². The predicted molar refractivity (Wildman–Crippen MR) is 116 cm³/mol. The molecule has 4 rings (SSSR count). The Morgan fingerprint density at radius 1 is 1.13 bits per heavy atom. The van der Waals surface area contributed by atoms with E-state index < -0.39 is 17.1 Å². The Bertz CT molecular complexity index is 947. The largest absolute Gasteiger partial charge is 0.485 e. The molecule has 30 heavy (non-hydrogen) atoms. The molecule has 0 radical (unpaired) electrons. The molecular formula is C23H25Cl2NO4. The minimum Gasteiger partial charge on any atom is -0.485 e. The Balaban J connectivity index is 1.44. The molecule has 0 saturated carbocycles. The molecule has 1 fully saturated rings. The van der Waals surface area contributed by atoms with E-state index >= 15 is 0 Å². The van der Waals surface area contributed by atoms with Gasteiger partial charge in [0.1, 0.15) is 6.61 Å². The normalized spacial score (nSPS) is 25.1. The van der Waals surface area contributed by atoms with Crippen molar-refractivity contribution in [1.29, 1.82) is 0 Å². The lowest BCUT2D eigenvalue weighted by molar-refractivity contribution is -0.158. The maximum Gasteiger partial charge on any atom is 0.267 e. The third-order valence-electron chi connectivity index (χ3n) is 6.20. The van der Waals surface area contributed by atoms with Crippen LogP contribution in [0.5, 0.6) is 11.5 Å². The van der Waals surface area contributed by atoms with Gasteiger partial charge in [-0.25, -0.2) is 0 Å². The van der Waals surface area contributed by atoms with E-state index in [2.05, 4.69) is 0 Å². The number of carbonyl (C=O) groups excluding carboxylic acids is 1. The molecule has 2 aromatic rings. The van der Waals surface area contributed by atoms with Crippen molar-refractivity contribution in [2.45, 2.75) is 38.4 Å². The van der Waals surface area contributed by atoms with Crippen LogP contribution in [-0.2, 0) is 11.2 Å². The average molecular weight is 450 g/mol. The maximum atomic E-state index is 13.1. The van der Waals surface area contributed by atoms with Gasteiger partial charge in [0.25, 0.3) is 5.91 Å². The Labute approximate surface area is 186 Å². The van der Waals surface area contributed by atoms with Crippen molar-refractivity contribution >= 4 is 29.1 Å². The van der Waals surface area contributed by atoms with Crippen molar-refractivity contribution in [2.24, 2.45) is 5.41 Å². The number of benzene rings is 2. The summed E-state index contributed by atoms with van der Waals surface area (Å²) in [5, 5.41) is 12.7. The quantitative estimate of drug-likeness (QED) is 0.755. The summed E-state index contributed by atoms with van der Waals surface area (Å²) in [6.07, 6.45) is 0.279. The van der Waals surface area contributed by atoms with Gasteiger partial charge in [-0.15, -0.1) is 0 Å². The van der Waals surface area contributed by atoms with Gasteiger partial charge in [-0.3, -0.25) is 4.79 Å². The fourth-order valence-corrected chi connectivity index (χ4v) is 4.48. The average Bonchev–Trinajstić information content (AvgIpc) is 2.71. The number of hydrogen-bond acceptors (Lipinski definition) is 4. The summed E-state index contributed by atoms with van der Waals surface area (Å²) in [4.78, 5) is 14.9. The molecule has 1 N–H and O–H groups in total. The van der Waals surface area contributed by atoms with Gasteiger partial charge in [0.2, 0.25) is 6.10 Å². The number of likely N-dealkylation sites (tertiary alicyclic amines) is 1. The number of piperidine rings is 1. The van der Waals surface area contributed by atoms with E-state index in [0.717, 1.165) is 5.56 Å². The molecule has 7 heteroatoms. The van der Waals surface area contributed by atoms with E-state index in [9.17, 15) is 9.90 Å². The third-order valence-corrected chi connectivity index (χ3v) is 6.69. The molecule has 5 nitrogen and oxygen atoms in total. The zero-order valence-corrected chi connectivity index (χ0v) is 18.5. The van der Waals surface area contributed by atoms with Gasteiger partial charge in [-0.2, -0.15) is 0 Å². The molecule has 1 amide bonds. The molecule has 2 heterocycles. The van der Waals surface area contributed by atoms with E-state index in [1.165, 1.54) is 0 Å². The summed E-state index contributed by atoms with van der Waals surface area (Å²) in [5.41, 5.74) is -0.402. The Hall–Kier alpha value is -1.95. The third kappa shape index (κ3) is 4.11. The number of fused-ring (bicyclic) bond motifs is 1. The predicted octanol–water partition coefficient (Wildman–Crippen LogP) is 4.37. The lowest BCUT2D eigenvalue weighted by Gasteiger charge is -2.51. The fourth-order valence-electron chi connectivity index (χ4n) is 4.19. The first-order valence-corrected chi connectivity index (χ1v) is 10.8. The molecule has 0 aromatic heterocycles. The van der Waals surface area contributed by atoms with E-state index in [-0.39, 0.29) is 12.5 Å². The van der Waals surface area contributed by atoms with Crippen molar-refractivity contribution in [3.8, 4) is 11.5 Å². The molecule has 0 bridgehead atoms. The second-order valence-corrected chi connectivity index (χ2v) is 9.61. The topological polar surface area (TPSA) is 59.0 Å². The van der Waals surface area contributed by atoms with Crippen molar-refractivity contribution in [3.05, 3.63) is 58.1 Å². The first-order valence-electron chi connectivity index (χ1n) is 10.0. The number of ether oxygens (including phenoxy) is 2. The van der Waals surface area contributed by atoms with Crippen LogP contribution < -0.4 is 9.47 Å². The Morgan fingerprint density at radius 2 is 1.83 bits per heavy atom. The Morgan fingerprint density at radius 3 is 2.53 bits per heavy atom. The van der Waals surface area contributed by atoms with Crippen LogP contribution in [0, 0.1) is 5.41 Å². The molecule has 2 aromatic carbocycles. The monoisotopic (exact) mass is 449 g/mol. The van der Waals surface area contributed by atoms with Crippen LogP contribution in [0.3, 0.4) is 0 Å². The second-order valence-electron chi connectivity index (χ2n) is 8.74. The Kier molecular flexibility index (Phi) is 5.64. The minimum absolute atomic E-state index is 0.128. The van der Waals surface area contributed by atoms with Crippen LogP contribution in [0.2, 0.25) is 10.0 Å². The second kappa shape index (κ2) is 7.95. The van der Waals surface area contributed by atoms with Crippen LogP contribution in [-0.4, -0.2) is 47.3 Å². The number of amides is 1. The van der Waals surface area contributed by atoms with E-state index in [4.69, 9.17) is 32.7 Å². The smallest absolute Gasteiger partial charge is 0.267 e. The van der Waals surface area contributed by atoms with Crippen molar-refractivity contribution < 1.29 is 19.4 Å². The number of aliphatic hydroxyl groups is 1. The van der Waals surface area contributed by atoms with E-state index in [0.29, 0.717) is 47.5 Å². The lowest BCUT2D eigenvalue weighted by Crippen LogP contribution is -2.61. The molecule has 1 saturated heterocycles. The highest BCUT2D eigenvalue weighted by Gasteiger charge is 2.49. The summed E-state index contributed by atoms with van der Waals surface area (Å²) in [6, 6.07) is 12.6. The first-order chi connectivity index (χ1) is 14.2. The summed E-state index contributed by atoms with van der Waals surface area (Å²) in [7, 11) is 0. The highest BCUT2D eigenvalue weighted by Crippen LogP contribution is 2.42. The van der Waals surface area contributed by atoms with Gasteiger partial charge in [-0.1, -0.05) is 49.2 Å². The highest BCUT2D eigenvalue weighted by atomic mass is 35.5. The summed E-state index contributed by atoms with van der Waals surface area (Å²) < 4.78 is 11.6. The van der Waals surface area contributed by atoms with Gasteiger partial charge in [0, 0.05) is 41.0 Å². The van der Waals surface area contributed by atoms with Gasteiger partial charge < -0.3 is 19.5 Å². The van der Waals surface area contributed by atoms with Crippen LogP contribution in [0.4, 0.5) is 0 Å². The molecule has 2 aliphatic heterocycles. The van der Waals surface area contributed by atoms with Gasteiger partial charge in [-0.05, 0) is 36.2 Å². The molecule has 2 atom stereocenters. The van der Waals surface area contributed by atoms with Gasteiger partial charge in [0.05, 0.1) is 5.60 Å². The number of rotatable bonds is 3. The summed E-state index contributed by atoms with van der Waals surface area (Å²) in [6.45, 7) is 5.02. The number of nitrogens with zero attached hydrogens (tertiary/aromatic N) is 1. The van der Waals surface area contributed by atoms with Crippen LogP contribution in [0.1, 0.15) is 25.8 Å². The summed E-state index contributed by atoms with van der Waals surface area (Å²) in [5.74, 6) is 0.930. The van der Waals surface area contributed by atoms with E-state index in [1.807, 2.05) is 38.1 Å². The van der Waals surface area contributed by atoms with Crippen molar-refractivity contribution in [1.82, 2.24) is 4.90 Å². The van der Waals surface area contributed by atoms with Gasteiger partial charge >= 0.3 is 0 Å². The number of halogens is 2. The van der Waals surface area contributed by atoms with E-state index in [1.54, 1.807) is 23.1 Å². The van der Waals surface area contributed by atoms with Crippen molar-refractivity contribution in [2.75, 3.05) is 19.7 Å². The van der Waals surface area contributed by atoms with Crippen LogP contribution in [0.15, 0.2) is 42.5 Å². The zero-order chi connectivity index (χ0) is 21.5. The lowest BCUT2D eigenvalue weighted by atomic mass is 9.67. The maximum absolute atomic E-state index is 13.1. The standard InChI is InChI=1S/C23H25Cl2NO4/c1-22(2)14-26(10-9-23(22,28)12-15-3-5-16(24)6-4-15)21(27)20-13-29-19-11-17(25)7-8-18(19)30-20/h3-8,11,20,28H,9-10,12-14H2,1-2H3. The zero-order valence-electron chi connectivity index (χ0n) is 17.0. The number of carbonyl (C=O) groups is 1. The molecule has 2 unspecified atom stereocenters. The SMILES string of the molecule is CC1(C)CN(C(=O)C2COc3cc(Cl)ccc3O2)CCC1(O)Cc1ccc(Cl)cc1. The van der Waals surface area contributed by atoms with Gasteiger partial charge in [0.15, 0.2) is 11.5 Å². The molecular weight excluding hydrogens is 425 g/mol. The fraction of sp³-hybridized carbons (Fsp3) is 0.435. The first kappa shape index (κ1) is 21.3. The molecule has 2 aliphatic rings. The minimum atomic E-state index is -0.926. The molecule has 0 spiro atoms. The van der Waals surface area contributed by atoms with Crippen LogP contribution >= 0.6 is 23.2 Å². The molecule has 0 aliphatic carbocycles. The van der Waals surface area contributed by atoms with Crippen molar-refractivity contribution in [3.63, 3.8) is 0 Å². The molecule has 160 valence electrons.